The van der Waals surface area contributed by atoms with E-state index in [2.05, 4.69) is 53.6 Å². The number of carbonyl (C=O) groups excluding carboxylic acids is 1. The van der Waals surface area contributed by atoms with E-state index in [1.54, 1.807) is 0 Å². The molecule has 5 nitrogen and oxygen atoms in total. The maximum absolute atomic E-state index is 11.6. The molecule has 114 valence electrons. The van der Waals surface area contributed by atoms with Crippen LogP contribution in [0, 0.1) is 0 Å². The van der Waals surface area contributed by atoms with Crippen molar-refractivity contribution >= 4 is 11.7 Å². The van der Waals surface area contributed by atoms with Crippen molar-refractivity contribution in [1.29, 1.82) is 0 Å². The van der Waals surface area contributed by atoms with Gasteiger partial charge in [-0.1, -0.05) is 26.0 Å². The average Bonchev–Trinajstić information content (AvgIpc) is 2.86. The Kier molecular flexibility index (Phi) is 4.01. The summed E-state index contributed by atoms with van der Waals surface area (Å²) < 4.78 is 0. The van der Waals surface area contributed by atoms with Crippen LogP contribution >= 0.6 is 0 Å². The predicted octanol–water partition coefficient (Wildman–Crippen LogP) is 1.40. The summed E-state index contributed by atoms with van der Waals surface area (Å²) in [5, 5.41) is 6.35. The van der Waals surface area contributed by atoms with Crippen molar-refractivity contribution in [1.82, 2.24) is 15.5 Å². The molecule has 21 heavy (non-hydrogen) atoms. The molecule has 1 aromatic carbocycles. The van der Waals surface area contributed by atoms with E-state index < -0.39 is 0 Å². The number of piperazine rings is 1. The van der Waals surface area contributed by atoms with Gasteiger partial charge in [0.05, 0.1) is 6.04 Å². The van der Waals surface area contributed by atoms with Crippen LogP contribution in [0.1, 0.15) is 19.4 Å². The second-order valence-corrected chi connectivity index (χ2v) is 6.18. The molecule has 3 rings (SSSR count). The van der Waals surface area contributed by atoms with Crippen LogP contribution in [0.25, 0.3) is 0 Å². The second kappa shape index (κ2) is 5.93. The molecule has 5 heteroatoms. The molecule has 0 aliphatic carbocycles. The van der Waals surface area contributed by atoms with E-state index in [1.807, 2.05) is 4.90 Å². The summed E-state index contributed by atoms with van der Waals surface area (Å²) in [6, 6.07) is 9.67. The summed E-state index contributed by atoms with van der Waals surface area (Å²) in [6.45, 7) is 8.64. The lowest BCUT2D eigenvalue weighted by molar-refractivity contribution is 0.197. The van der Waals surface area contributed by atoms with Crippen molar-refractivity contribution in [3.8, 4) is 0 Å². The van der Waals surface area contributed by atoms with E-state index in [4.69, 9.17) is 0 Å². The molecule has 0 saturated carbocycles. The van der Waals surface area contributed by atoms with Gasteiger partial charge in [-0.25, -0.2) is 4.79 Å². The van der Waals surface area contributed by atoms with Gasteiger partial charge in [-0.15, -0.1) is 0 Å². The van der Waals surface area contributed by atoms with Gasteiger partial charge in [0.15, 0.2) is 0 Å². The number of anilines is 1. The normalized spacial score (nSPS) is 21.7. The van der Waals surface area contributed by atoms with E-state index in [-0.39, 0.29) is 6.03 Å². The molecular weight excluding hydrogens is 264 g/mol. The molecule has 2 saturated heterocycles. The molecule has 2 aliphatic heterocycles. The SMILES string of the molecule is CC(C)NCc1ccc(N2CCN3C(=O)NCC3C2)cc1. The zero-order valence-electron chi connectivity index (χ0n) is 12.8. The van der Waals surface area contributed by atoms with Crippen molar-refractivity contribution in [3.05, 3.63) is 29.8 Å². The van der Waals surface area contributed by atoms with Crippen LogP contribution in [0.2, 0.25) is 0 Å². The highest BCUT2D eigenvalue weighted by molar-refractivity contribution is 5.77. The number of amides is 2. The van der Waals surface area contributed by atoms with E-state index in [0.717, 1.165) is 32.7 Å². The Morgan fingerprint density at radius 1 is 1.29 bits per heavy atom. The minimum Gasteiger partial charge on any atom is -0.368 e. The summed E-state index contributed by atoms with van der Waals surface area (Å²) in [7, 11) is 0. The van der Waals surface area contributed by atoms with Crippen molar-refractivity contribution in [2.45, 2.75) is 32.5 Å². The minimum absolute atomic E-state index is 0.0924. The predicted molar refractivity (Wildman–Crippen MR) is 84.5 cm³/mol. The highest BCUT2D eigenvalue weighted by Gasteiger charge is 2.35. The third kappa shape index (κ3) is 3.13. The fraction of sp³-hybridized carbons (Fsp3) is 0.562. The van der Waals surface area contributed by atoms with Crippen LogP contribution in [0.15, 0.2) is 24.3 Å². The van der Waals surface area contributed by atoms with Gasteiger partial charge in [0.1, 0.15) is 0 Å². The topological polar surface area (TPSA) is 47.6 Å². The molecule has 1 atom stereocenters. The van der Waals surface area contributed by atoms with Crippen LogP contribution in [0.4, 0.5) is 10.5 Å². The summed E-state index contributed by atoms with van der Waals surface area (Å²) in [5.41, 5.74) is 2.56. The second-order valence-electron chi connectivity index (χ2n) is 6.18. The van der Waals surface area contributed by atoms with Crippen molar-refractivity contribution in [2.24, 2.45) is 0 Å². The van der Waals surface area contributed by atoms with Crippen LogP contribution in [-0.2, 0) is 6.54 Å². The number of fused-ring (bicyclic) bond motifs is 1. The molecule has 0 bridgehead atoms. The van der Waals surface area contributed by atoms with Crippen LogP contribution < -0.4 is 15.5 Å². The standard InChI is InChI=1S/C16H24N4O/c1-12(2)17-9-13-3-5-14(6-4-13)19-7-8-20-15(11-19)10-18-16(20)21/h3-6,12,15,17H,7-11H2,1-2H3,(H,18,21). The molecule has 2 N–H and O–H groups in total. The molecule has 2 aliphatic rings. The molecule has 0 radical (unpaired) electrons. The fourth-order valence-corrected chi connectivity index (χ4v) is 2.99. The van der Waals surface area contributed by atoms with E-state index in [1.165, 1.54) is 11.3 Å². The highest BCUT2D eigenvalue weighted by Crippen LogP contribution is 2.21. The molecule has 2 fully saturated rings. The van der Waals surface area contributed by atoms with Crippen LogP contribution in [-0.4, -0.2) is 49.2 Å². The Hall–Kier alpha value is -1.75. The van der Waals surface area contributed by atoms with Crippen molar-refractivity contribution in [3.63, 3.8) is 0 Å². The first-order valence-electron chi connectivity index (χ1n) is 7.75. The first-order chi connectivity index (χ1) is 10.1. The third-order valence-electron chi connectivity index (χ3n) is 4.25. The number of benzene rings is 1. The summed E-state index contributed by atoms with van der Waals surface area (Å²) in [5.74, 6) is 0. The smallest absolute Gasteiger partial charge is 0.317 e. The van der Waals surface area contributed by atoms with Gasteiger partial charge in [0.2, 0.25) is 0 Å². The molecular formula is C16H24N4O. The van der Waals surface area contributed by atoms with Gasteiger partial charge in [0.25, 0.3) is 0 Å². The Balaban J connectivity index is 1.61. The van der Waals surface area contributed by atoms with Gasteiger partial charge in [0, 0.05) is 44.5 Å². The molecule has 0 spiro atoms. The quantitative estimate of drug-likeness (QED) is 0.880. The van der Waals surface area contributed by atoms with Gasteiger partial charge in [-0.3, -0.25) is 0 Å². The van der Waals surface area contributed by atoms with Gasteiger partial charge >= 0.3 is 6.03 Å². The van der Waals surface area contributed by atoms with Crippen LogP contribution in [0.3, 0.4) is 0 Å². The van der Waals surface area contributed by atoms with E-state index in [0.29, 0.717) is 12.1 Å². The molecule has 2 heterocycles. The van der Waals surface area contributed by atoms with Crippen LogP contribution in [0.5, 0.6) is 0 Å². The Bertz CT molecular complexity index is 500. The lowest BCUT2D eigenvalue weighted by Gasteiger charge is -2.37. The van der Waals surface area contributed by atoms with Gasteiger partial charge < -0.3 is 20.4 Å². The lowest BCUT2D eigenvalue weighted by atomic mass is 10.1. The van der Waals surface area contributed by atoms with E-state index in [9.17, 15) is 4.79 Å². The Morgan fingerprint density at radius 2 is 2.05 bits per heavy atom. The largest absolute Gasteiger partial charge is 0.368 e. The van der Waals surface area contributed by atoms with E-state index >= 15 is 0 Å². The van der Waals surface area contributed by atoms with Crippen molar-refractivity contribution < 1.29 is 4.79 Å². The zero-order chi connectivity index (χ0) is 14.8. The van der Waals surface area contributed by atoms with Crippen molar-refractivity contribution in [2.75, 3.05) is 31.1 Å². The summed E-state index contributed by atoms with van der Waals surface area (Å²) >= 11 is 0. The molecule has 2 amide bonds. The Labute approximate surface area is 126 Å². The maximum Gasteiger partial charge on any atom is 0.317 e. The number of rotatable bonds is 4. The van der Waals surface area contributed by atoms with Gasteiger partial charge in [-0.2, -0.15) is 0 Å². The fourth-order valence-electron chi connectivity index (χ4n) is 2.99. The summed E-state index contributed by atoms with van der Waals surface area (Å²) in [4.78, 5) is 15.9. The first-order valence-corrected chi connectivity index (χ1v) is 7.75. The minimum atomic E-state index is 0.0924. The number of nitrogens with one attached hydrogen (secondary N) is 2. The van der Waals surface area contributed by atoms with Gasteiger partial charge in [-0.05, 0) is 17.7 Å². The zero-order valence-corrected chi connectivity index (χ0v) is 12.8. The monoisotopic (exact) mass is 288 g/mol. The molecule has 1 unspecified atom stereocenters. The highest BCUT2D eigenvalue weighted by atomic mass is 16.2. The number of hydrogen-bond donors (Lipinski definition) is 2. The number of carbonyl (C=O) groups is 1. The average molecular weight is 288 g/mol. The maximum atomic E-state index is 11.6. The number of nitrogens with zero attached hydrogens (tertiary/aromatic N) is 2. The first kappa shape index (κ1) is 14.2. The Morgan fingerprint density at radius 3 is 2.76 bits per heavy atom. The number of urea groups is 1. The third-order valence-corrected chi connectivity index (χ3v) is 4.25. The molecule has 1 aromatic rings. The summed E-state index contributed by atoms with van der Waals surface area (Å²) in [6.07, 6.45) is 0. The number of hydrogen-bond acceptors (Lipinski definition) is 3. The lowest BCUT2D eigenvalue weighted by Crippen LogP contribution is -2.52. The molecule has 0 aromatic heterocycles.